The Labute approximate surface area is 194 Å². The van der Waals surface area contributed by atoms with Crippen molar-refractivity contribution in [3.05, 3.63) is 23.8 Å². The van der Waals surface area contributed by atoms with Crippen LogP contribution >= 0.6 is 0 Å². The molecule has 3 rings (SSSR count). The molecule has 1 atom stereocenters. The van der Waals surface area contributed by atoms with Gasteiger partial charge in [-0.05, 0) is 55.2 Å². The fraction of sp³-hybridized carbons (Fsp3) is 0.739. The number of piperazine rings is 1. The van der Waals surface area contributed by atoms with Crippen LogP contribution in [0.2, 0.25) is 0 Å². The minimum Gasteiger partial charge on any atom is -0.392 e. The van der Waals surface area contributed by atoms with E-state index in [9.17, 15) is 31.8 Å². The lowest BCUT2D eigenvalue weighted by atomic mass is 9.78. The van der Waals surface area contributed by atoms with Gasteiger partial charge >= 0.3 is 6.18 Å². The van der Waals surface area contributed by atoms with Crippen molar-refractivity contribution in [3.63, 3.8) is 0 Å². The van der Waals surface area contributed by atoms with Gasteiger partial charge in [0.2, 0.25) is 0 Å². The number of sulfone groups is 1. The monoisotopic (exact) mass is 492 g/mol. The molecule has 1 aliphatic heterocycles. The molecule has 1 aromatic carbocycles. The predicted octanol–water partition coefficient (Wildman–Crippen LogP) is 3.21. The van der Waals surface area contributed by atoms with E-state index in [1.165, 1.54) is 0 Å². The second-order valence-corrected chi connectivity index (χ2v) is 11.9. The second kappa shape index (κ2) is 9.71. The highest BCUT2D eigenvalue weighted by molar-refractivity contribution is 7.90. The lowest BCUT2D eigenvalue weighted by molar-refractivity contribution is -0.272. The molecule has 1 aliphatic carbocycles. The summed E-state index contributed by atoms with van der Waals surface area (Å²) in [5.74, 6) is 0.413. The van der Waals surface area contributed by atoms with E-state index in [-0.39, 0.29) is 36.3 Å². The van der Waals surface area contributed by atoms with Crippen LogP contribution in [0.15, 0.2) is 23.1 Å². The summed E-state index contributed by atoms with van der Waals surface area (Å²) in [5, 5.41) is 19.4. The number of aliphatic hydroxyl groups excluding tert-OH is 1. The van der Waals surface area contributed by atoms with Gasteiger partial charge in [-0.1, -0.05) is 19.9 Å². The lowest BCUT2D eigenvalue weighted by Gasteiger charge is -2.46. The molecule has 6 nitrogen and oxygen atoms in total. The van der Waals surface area contributed by atoms with Crippen LogP contribution in [0.25, 0.3) is 0 Å². The van der Waals surface area contributed by atoms with Crippen LogP contribution in [0.3, 0.4) is 0 Å². The fourth-order valence-electron chi connectivity index (χ4n) is 5.11. The Bertz CT molecular complexity index is 928. The Balaban J connectivity index is 1.69. The predicted molar refractivity (Wildman–Crippen MR) is 121 cm³/mol. The Hall–Kier alpha value is -1.36. The highest BCUT2D eigenvalue weighted by atomic mass is 32.2. The molecule has 1 saturated carbocycles. The molecule has 2 aliphatic rings. The molecular weight excluding hydrogens is 457 g/mol. The summed E-state index contributed by atoms with van der Waals surface area (Å²) in [7, 11) is -3.48. The van der Waals surface area contributed by atoms with Gasteiger partial charge in [0.25, 0.3) is 0 Å². The van der Waals surface area contributed by atoms with Crippen molar-refractivity contribution in [2.75, 3.05) is 37.3 Å². The minimum absolute atomic E-state index is 0.112. The van der Waals surface area contributed by atoms with E-state index in [1.807, 2.05) is 6.07 Å². The highest BCUT2D eigenvalue weighted by Gasteiger charge is 2.54. The van der Waals surface area contributed by atoms with E-state index < -0.39 is 21.6 Å². The SMILES string of the molecule is CC(C)C1CN(c2ccc(CO)c(S(C)(=O)=O)c2)CCN1CC1CCC(O)(C(F)(F)F)CC1. The lowest BCUT2D eigenvalue weighted by Crippen LogP contribution is -2.57. The Morgan fingerprint density at radius 3 is 2.33 bits per heavy atom. The fourth-order valence-corrected chi connectivity index (χ4v) is 6.05. The highest BCUT2D eigenvalue weighted by Crippen LogP contribution is 2.43. The number of anilines is 1. The number of benzene rings is 1. The third-order valence-electron chi connectivity index (χ3n) is 7.24. The maximum atomic E-state index is 13.1. The van der Waals surface area contributed by atoms with Gasteiger partial charge in [0.15, 0.2) is 15.4 Å². The average Bonchev–Trinajstić information content (AvgIpc) is 2.73. The quantitative estimate of drug-likeness (QED) is 0.635. The first-order valence-electron chi connectivity index (χ1n) is 11.5. The van der Waals surface area contributed by atoms with Crippen LogP contribution < -0.4 is 4.90 Å². The molecule has 0 radical (unpaired) electrons. The maximum Gasteiger partial charge on any atom is 0.417 e. The summed E-state index contributed by atoms with van der Waals surface area (Å²) >= 11 is 0. The molecule has 0 bridgehead atoms. The third kappa shape index (κ3) is 5.83. The van der Waals surface area contributed by atoms with E-state index in [1.54, 1.807) is 12.1 Å². The standard InChI is InChI=1S/C23H35F3N2O4S/c1-16(2)20-14-27(19-5-4-18(15-29)21(12-19)33(3,31)32)10-11-28(20)13-17-6-8-22(30,9-7-17)23(24,25)26/h4-5,12,16-17,20,29-30H,6-11,13-15H2,1-3H3. The number of nitrogens with zero attached hydrogens (tertiary/aromatic N) is 2. The molecule has 0 amide bonds. The molecule has 1 aromatic rings. The van der Waals surface area contributed by atoms with Gasteiger partial charge in [0, 0.05) is 44.2 Å². The van der Waals surface area contributed by atoms with Crippen molar-refractivity contribution in [2.45, 2.75) is 68.9 Å². The number of alkyl halides is 3. The van der Waals surface area contributed by atoms with Crippen molar-refractivity contribution in [1.82, 2.24) is 4.90 Å². The molecule has 33 heavy (non-hydrogen) atoms. The van der Waals surface area contributed by atoms with Gasteiger partial charge in [-0.15, -0.1) is 0 Å². The molecule has 10 heteroatoms. The van der Waals surface area contributed by atoms with E-state index in [0.717, 1.165) is 18.5 Å². The molecule has 0 spiro atoms. The Morgan fingerprint density at radius 1 is 1.18 bits per heavy atom. The van der Waals surface area contributed by atoms with E-state index >= 15 is 0 Å². The van der Waals surface area contributed by atoms with Crippen molar-refractivity contribution < 1.29 is 31.8 Å². The van der Waals surface area contributed by atoms with Crippen molar-refractivity contribution in [2.24, 2.45) is 11.8 Å². The van der Waals surface area contributed by atoms with Crippen LogP contribution in [-0.4, -0.2) is 73.8 Å². The summed E-state index contributed by atoms with van der Waals surface area (Å²) in [6.07, 6.45) is -3.26. The van der Waals surface area contributed by atoms with Gasteiger partial charge in [-0.3, -0.25) is 4.90 Å². The molecule has 188 valence electrons. The largest absolute Gasteiger partial charge is 0.417 e. The van der Waals surface area contributed by atoms with Gasteiger partial charge in [0.05, 0.1) is 11.5 Å². The molecule has 1 heterocycles. The van der Waals surface area contributed by atoms with Crippen LogP contribution in [0.4, 0.5) is 18.9 Å². The molecule has 1 saturated heterocycles. The Morgan fingerprint density at radius 2 is 1.82 bits per heavy atom. The first-order valence-corrected chi connectivity index (χ1v) is 13.4. The van der Waals surface area contributed by atoms with Crippen molar-refractivity contribution >= 4 is 15.5 Å². The number of hydrogen-bond donors (Lipinski definition) is 2. The number of aliphatic hydroxyl groups is 2. The van der Waals surface area contributed by atoms with Crippen LogP contribution in [0.1, 0.15) is 45.1 Å². The molecular formula is C23H35F3N2O4S. The minimum atomic E-state index is -4.58. The second-order valence-electron chi connectivity index (χ2n) is 9.95. The zero-order valence-electron chi connectivity index (χ0n) is 19.5. The van der Waals surface area contributed by atoms with Crippen LogP contribution in [-0.2, 0) is 16.4 Å². The number of rotatable bonds is 6. The summed E-state index contributed by atoms with van der Waals surface area (Å²) < 4.78 is 63.7. The molecule has 2 fully saturated rings. The summed E-state index contributed by atoms with van der Waals surface area (Å²) in [5.41, 5.74) is -1.40. The van der Waals surface area contributed by atoms with Gasteiger partial charge in [0.1, 0.15) is 0 Å². The summed E-state index contributed by atoms with van der Waals surface area (Å²) in [4.78, 5) is 4.61. The maximum absolute atomic E-state index is 13.1. The van der Waals surface area contributed by atoms with Crippen LogP contribution in [0, 0.1) is 11.8 Å². The molecule has 0 aromatic heterocycles. The Kier molecular flexibility index (Phi) is 7.73. The van der Waals surface area contributed by atoms with Crippen LogP contribution in [0.5, 0.6) is 0 Å². The summed E-state index contributed by atoms with van der Waals surface area (Å²) in [6.45, 7) is 6.64. The van der Waals surface area contributed by atoms with Gasteiger partial charge in [-0.2, -0.15) is 13.2 Å². The third-order valence-corrected chi connectivity index (χ3v) is 8.42. The zero-order valence-corrected chi connectivity index (χ0v) is 20.3. The average molecular weight is 493 g/mol. The summed E-state index contributed by atoms with van der Waals surface area (Å²) in [6, 6.07) is 5.26. The normalized spacial score (nSPS) is 27.8. The zero-order chi connectivity index (χ0) is 24.6. The topological polar surface area (TPSA) is 81.1 Å². The smallest absolute Gasteiger partial charge is 0.392 e. The number of hydrogen-bond acceptors (Lipinski definition) is 6. The first kappa shape index (κ1) is 26.2. The number of halogens is 3. The van der Waals surface area contributed by atoms with Gasteiger partial charge in [-0.25, -0.2) is 8.42 Å². The molecule has 1 unspecified atom stereocenters. The van der Waals surface area contributed by atoms with E-state index in [2.05, 4.69) is 23.6 Å². The molecule has 2 N–H and O–H groups in total. The van der Waals surface area contributed by atoms with E-state index in [0.29, 0.717) is 44.0 Å². The first-order chi connectivity index (χ1) is 15.2. The van der Waals surface area contributed by atoms with Crippen molar-refractivity contribution in [3.8, 4) is 0 Å². The van der Waals surface area contributed by atoms with Gasteiger partial charge < -0.3 is 15.1 Å². The van der Waals surface area contributed by atoms with E-state index in [4.69, 9.17) is 0 Å². The van der Waals surface area contributed by atoms with Crippen molar-refractivity contribution in [1.29, 1.82) is 0 Å².